The van der Waals surface area contributed by atoms with Gasteiger partial charge in [0.1, 0.15) is 4.90 Å². The van der Waals surface area contributed by atoms with Crippen LogP contribution in [0.15, 0.2) is 46.9 Å². The Labute approximate surface area is 116 Å². The highest BCUT2D eigenvalue weighted by Gasteiger charge is 2.20. The predicted molar refractivity (Wildman–Crippen MR) is 73.0 cm³/mol. The van der Waals surface area contributed by atoms with Gasteiger partial charge in [0.25, 0.3) is 10.0 Å². The fourth-order valence-electron chi connectivity index (χ4n) is 1.09. The van der Waals surface area contributed by atoms with Crippen LogP contribution in [0.25, 0.3) is 0 Å². The summed E-state index contributed by atoms with van der Waals surface area (Å²) in [4.78, 5) is 5.81. The van der Waals surface area contributed by atoms with Gasteiger partial charge in [-0.3, -0.25) is 5.01 Å². The van der Waals surface area contributed by atoms with Gasteiger partial charge in [-0.05, 0) is 23.7 Å². The first-order valence-electron chi connectivity index (χ1n) is 4.73. The lowest BCUT2D eigenvalue weighted by atomic mass is 10.4. The Morgan fingerprint density at radius 1 is 1.50 bits per heavy atom. The van der Waals surface area contributed by atoms with E-state index >= 15 is 0 Å². The molecule has 0 unspecified atom stereocenters. The second-order valence-electron chi connectivity index (χ2n) is 3.16. The molecule has 0 atom stereocenters. The zero-order valence-electron chi connectivity index (χ0n) is 9.47. The predicted octanol–water partition coefficient (Wildman–Crippen LogP) is 2.20. The molecule has 0 saturated heterocycles. The van der Waals surface area contributed by atoms with Crippen molar-refractivity contribution in [1.82, 2.24) is 9.84 Å². The third kappa shape index (κ3) is 3.71. The van der Waals surface area contributed by atoms with Crippen molar-refractivity contribution < 1.29 is 8.42 Å². The van der Waals surface area contributed by atoms with Gasteiger partial charge in [0.15, 0.2) is 0 Å². The summed E-state index contributed by atoms with van der Waals surface area (Å²) < 4.78 is 24.0. The number of nitrogens with zero attached hydrogens (tertiary/aromatic N) is 2. The van der Waals surface area contributed by atoms with E-state index in [2.05, 4.69) is 16.4 Å². The molecule has 0 heterocycles. The van der Waals surface area contributed by atoms with Gasteiger partial charge >= 0.3 is 0 Å². The summed E-state index contributed by atoms with van der Waals surface area (Å²) in [5.41, 5.74) is 0. The number of benzene rings is 1. The summed E-state index contributed by atoms with van der Waals surface area (Å²) >= 11 is 11.5. The van der Waals surface area contributed by atoms with Crippen molar-refractivity contribution >= 4 is 38.5 Å². The van der Waals surface area contributed by atoms with Crippen molar-refractivity contribution in [3.63, 3.8) is 0 Å². The highest BCUT2D eigenvalue weighted by atomic mass is 35.5. The van der Waals surface area contributed by atoms with Crippen LogP contribution in [0.3, 0.4) is 0 Å². The Bertz CT molecular complexity index is 572. The third-order valence-electron chi connectivity index (χ3n) is 1.86. The van der Waals surface area contributed by atoms with Crippen LogP contribution in [-0.2, 0) is 10.0 Å². The third-order valence-corrected chi connectivity index (χ3v) is 4.10. The molecule has 0 saturated carbocycles. The summed E-state index contributed by atoms with van der Waals surface area (Å²) in [6.07, 6.45) is 1.20. The van der Waals surface area contributed by atoms with E-state index in [4.69, 9.17) is 23.2 Å². The lowest BCUT2D eigenvalue weighted by molar-refractivity contribution is 0.453. The highest BCUT2D eigenvalue weighted by molar-refractivity contribution is 7.89. The number of sulfonamides is 1. The smallest absolute Gasteiger partial charge is 0.259 e. The number of halogens is 2. The molecule has 8 heteroatoms. The van der Waals surface area contributed by atoms with Gasteiger partial charge in [-0.15, -0.1) is 4.83 Å². The summed E-state index contributed by atoms with van der Waals surface area (Å²) in [6.45, 7) is 3.35. The maximum Gasteiger partial charge on any atom is 0.259 e. The van der Waals surface area contributed by atoms with Crippen molar-refractivity contribution in [1.29, 1.82) is 0 Å². The van der Waals surface area contributed by atoms with E-state index in [1.54, 1.807) is 12.1 Å². The number of hydrogen-bond donors (Lipinski definition) is 1. The molecule has 0 aliphatic carbocycles. The highest BCUT2D eigenvalue weighted by Crippen LogP contribution is 2.20. The molecule has 5 nitrogen and oxygen atoms in total. The molecule has 18 heavy (non-hydrogen) atoms. The summed E-state index contributed by atoms with van der Waals surface area (Å²) in [6, 6.07) is 6.07. The molecular formula is C10H11Cl2N3O2S. The fourth-order valence-corrected chi connectivity index (χ4v) is 2.82. The van der Waals surface area contributed by atoms with Crippen LogP contribution >= 0.6 is 23.2 Å². The van der Waals surface area contributed by atoms with E-state index in [-0.39, 0.29) is 15.2 Å². The summed E-state index contributed by atoms with van der Waals surface area (Å²) in [5.74, 6) is 0. The average molecular weight is 308 g/mol. The average Bonchev–Trinajstić information content (AvgIpc) is 2.29. The van der Waals surface area contributed by atoms with E-state index < -0.39 is 10.0 Å². The molecule has 0 aromatic heterocycles. The van der Waals surface area contributed by atoms with Gasteiger partial charge in [-0.1, -0.05) is 30.3 Å². The van der Waals surface area contributed by atoms with E-state index in [1.807, 2.05) is 0 Å². The van der Waals surface area contributed by atoms with Crippen molar-refractivity contribution in [2.75, 3.05) is 7.05 Å². The number of nitrogens with one attached hydrogen (secondary N) is 1. The minimum absolute atomic E-state index is 0.0402. The normalized spacial score (nSPS) is 12.3. The first kappa shape index (κ1) is 15.0. The monoisotopic (exact) mass is 307 g/mol. The van der Waals surface area contributed by atoms with Gasteiger partial charge < -0.3 is 0 Å². The molecule has 0 bridgehead atoms. The van der Waals surface area contributed by atoms with Crippen LogP contribution in [0.1, 0.15) is 0 Å². The molecule has 1 aromatic carbocycles. The molecule has 0 aliphatic rings. The lowest BCUT2D eigenvalue weighted by Gasteiger charge is -2.18. The van der Waals surface area contributed by atoms with Gasteiger partial charge in [0.05, 0.1) is 5.02 Å². The van der Waals surface area contributed by atoms with Crippen LogP contribution in [0, 0.1) is 0 Å². The van der Waals surface area contributed by atoms with Crippen LogP contribution in [0.4, 0.5) is 0 Å². The van der Waals surface area contributed by atoms with E-state index in [1.165, 1.54) is 25.4 Å². The van der Waals surface area contributed by atoms with Crippen molar-refractivity contribution in [2.45, 2.75) is 4.90 Å². The zero-order chi connectivity index (χ0) is 13.8. The largest absolute Gasteiger partial charge is 0.272 e. The van der Waals surface area contributed by atoms with Crippen molar-refractivity contribution in [2.24, 2.45) is 4.99 Å². The molecule has 1 N–H and O–H groups in total. The van der Waals surface area contributed by atoms with Crippen molar-refractivity contribution in [3.8, 4) is 0 Å². The van der Waals surface area contributed by atoms with Crippen LogP contribution in [0.5, 0.6) is 0 Å². The molecule has 1 rings (SSSR count). The molecule has 0 aliphatic heterocycles. The minimum Gasteiger partial charge on any atom is -0.272 e. The van der Waals surface area contributed by atoms with Crippen molar-refractivity contribution in [3.05, 3.63) is 42.1 Å². The number of aliphatic imine (C=N–C) groups is 1. The van der Waals surface area contributed by atoms with Gasteiger partial charge in [-0.25, -0.2) is 13.4 Å². The molecule has 0 fully saturated rings. The first-order valence-corrected chi connectivity index (χ1v) is 6.97. The van der Waals surface area contributed by atoms with Gasteiger partial charge in [0.2, 0.25) is 5.29 Å². The Kier molecular flexibility index (Phi) is 5.15. The van der Waals surface area contributed by atoms with Gasteiger partial charge in [-0.2, -0.15) is 0 Å². The van der Waals surface area contributed by atoms with Crippen LogP contribution in [-0.4, -0.2) is 25.8 Å². The van der Waals surface area contributed by atoms with Gasteiger partial charge in [0, 0.05) is 13.2 Å². The molecule has 0 radical (unpaired) electrons. The Morgan fingerprint density at radius 3 is 2.67 bits per heavy atom. The Hall–Kier alpha value is -1.08. The Balaban J connectivity index is 3.00. The standard InChI is InChI=1S/C10H11Cl2N3O2S/c1-3-13-10(12)15(2)14-18(16,17)9-7-5-4-6-8(9)11/h3-7,14H,1H2,2H3/b13-10-. The van der Waals surface area contributed by atoms with Crippen LogP contribution in [0.2, 0.25) is 5.02 Å². The second kappa shape index (κ2) is 6.19. The zero-order valence-corrected chi connectivity index (χ0v) is 11.8. The number of amidine groups is 1. The Morgan fingerprint density at radius 2 is 2.11 bits per heavy atom. The molecule has 0 amide bonds. The maximum atomic E-state index is 12.0. The van der Waals surface area contributed by atoms with E-state index in [0.717, 1.165) is 5.01 Å². The molecular weight excluding hydrogens is 297 g/mol. The lowest BCUT2D eigenvalue weighted by Crippen LogP contribution is -2.41. The van der Waals surface area contributed by atoms with E-state index in [9.17, 15) is 8.42 Å². The number of hydrazine groups is 1. The fraction of sp³-hybridized carbons (Fsp3) is 0.100. The molecule has 1 aromatic rings. The first-order chi connectivity index (χ1) is 8.38. The van der Waals surface area contributed by atoms with E-state index in [0.29, 0.717) is 0 Å². The summed E-state index contributed by atoms with van der Waals surface area (Å²) in [7, 11) is -2.40. The number of rotatable bonds is 4. The van der Waals surface area contributed by atoms with Crippen LogP contribution < -0.4 is 4.83 Å². The maximum absolute atomic E-state index is 12.0. The number of hydrogen-bond acceptors (Lipinski definition) is 3. The molecule has 98 valence electrons. The topological polar surface area (TPSA) is 61.8 Å². The quantitative estimate of drug-likeness (QED) is 0.401. The second-order valence-corrected chi connectivity index (χ2v) is 5.54. The summed E-state index contributed by atoms with van der Waals surface area (Å²) in [5, 5.41) is 1.10. The minimum atomic E-state index is -3.81. The SMILES string of the molecule is C=C/N=C(/Cl)N(C)NS(=O)(=O)c1ccccc1Cl. The molecule has 0 spiro atoms.